The Morgan fingerprint density at radius 2 is 1.86 bits per heavy atom. The number of nitrogens with zero attached hydrogens (tertiary/aromatic N) is 2. The van der Waals surface area contributed by atoms with E-state index >= 15 is 0 Å². The van der Waals surface area contributed by atoms with E-state index in [1.165, 1.54) is 45.3 Å². The summed E-state index contributed by atoms with van der Waals surface area (Å²) in [5.41, 5.74) is 0. The third-order valence-electron chi connectivity index (χ3n) is 4.52. The van der Waals surface area contributed by atoms with E-state index in [2.05, 4.69) is 23.9 Å². The highest BCUT2D eigenvalue weighted by atomic mass is 32.2. The zero-order valence-electron chi connectivity index (χ0n) is 14.0. The number of hydrogen-bond acceptors (Lipinski definition) is 3. The van der Waals surface area contributed by atoms with Crippen molar-refractivity contribution >= 4 is 10.8 Å². The second-order valence-corrected chi connectivity index (χ2v) is 8.16. The van der Waals surface area contributed by atoms with Crippen LogP contribution in [-0.4, -0.2) is 60.0 Å². The molecule has 0 bridgehead atoms. The smallest absolute Gasteiger partial charge is 0.0542 e. The first-order valence-electron chi connectivity index (χ1n) is 8.45. The maximum absolute atomic E-state index is 12.2. The normalized spacial score (nSPS) is 18.7. The van der Waals surface area contributed by atoms with Crippen LogP contribution in [0, 0.1) is 5.92 Å². The van der Waals surface area contributed by atoms with E-state index in [1.807, 2.05) is 30.3 Å². The first kappa shape index (κ1) is 17.6. The quantitative estimate of drug-likeness (QED) is 0.735. The van der Waals surface area contributed by atoms with Crippen LogP contribution in [0.15, 0.2) is 35.2 Å². The van der Waals surface area contributed by atoms with Gasteiger partial charge in [0.05, 0.1) is 10.8 Å². The number of benzene rings is 1. The van der Waals surface area contributed by atoms with Crippen LogP contribution in [0.4, 0.5) is 0 Å². The summed E-state index contributed by atoms with van der Waals surface area (Å²) in [5.74, 6) is 1.66. The molecule has 1 aliphatic rings. The highest BCUT2D eigenvalue weighted by molar-refractivity contribution is 7.85. The third-order valence-corrected chi connectivity index (χ3v) is 5.88. The zero-order chi connectivity index (χ0) is 15.8. The molecule has 1 heterocycles. The van der Waals surface area contributed by atoms with Gasteiger partial charge in [0.25, 0.3) is 0 Å². The summed E-state index contributed by atoms with van der Waals surface area (Å²) >= 11 is 0. The summed E-state index contributed by atoms with van der Waals surface area (Å²) in [6.45, 7) is 4.53. The van der Waals surface area contributed by atoms with Gasteiger partial charge >= 0.3 is 0 Å². The van der Waals surface area contributed by atoms with E-state index in [-0.39, 0.29) is 0 Å². The van der Waals surface area contributed by atoms with Gasteiger partial charge in [-0.2, -0.15) is 0 Å². The summed E-state index contributed by atoms with van der Waals surface area (Å²) in [5, 5.41) is 0. The fourth-order valence-corrected chi connectivity index (χ4v) is 4.22. The second-order valence-electron chi connectivity index (χ2n) is 6.59. The Hall–Kier alpha value is -0.710. The minimum atomic E-state index is -0.851. The van der Waals surface area contributed by atoms with Crippen molar-refractivity contribution in [3.05, 3.63) is 30.3 Å². The Bertz CT molecular complexity index is 442. The molecule has 0 saturated carbocycles. The molecule has 0 spiro atoms. The topological polar surface area (TPSA) is 23.6 Å². The maximum atomic E-state index is 12.2. The molecule has 3 nitrogen and oxygen atoms in total. The van der Waals surface area contributed by atoms with E-state index in [9.17, 15) is 4.21 Å². The molecule has 1 fully saturated rings. The second kappa shape index (κ2) is 9.43. The maximum Gasteiger partial charge on any atom is 0.0542 e. The van der Waals surface area contributed by atoms with E-state index in [4.69, 9.17) is 0 Å². The summed E-state index contributed by atoms with van der Waals surface area (Å²) in [7, 11) is 3.45. The third kappa shape index (κ3) is 6.19. The molecule has 1 atom stereocenters. The molecule has 1 aromatic rings. The molecule has 2 rings (SSSR count). The Balaban J connectivity index is 1.62. The molecule has 1 aliphatic heterocycles. The van der Waals surface area contributed by atoms with E-state index in [0.717, 1.165) is 23.1 Å². The average molecular weight is 323 g/mol. The van der Waals surface area contributed by atoms with Gasteiger partial charge in [-0.1, -0.05) is 18.2 Å². The molecule has 124 valence electrons. The lowest BCUT2D eigenvalue weighted by molar-refractivity contribution is 0.183. The molecule has 0 radical (unpaired) electrons. The van der Waals surface area contributed by atoms with E-state index in [1.54, 1.807) is 0 Å². The van der Waals surface area contributed by atoms with Crippen LogP contribution in [0.3, 0.4) is 0 Å². The Kier molecular flexibility index (Phi) is 7.56. The van der Waals surface area contributed by atoms with E-state index < -0.39 is 10.8 Å². The van der Waals surface area contributed by atoms with Gasteiger partial charge in [0.1, 0.15) is 0 Å². The SMILES string of the molecule is CN(C)CCCC1CCN(CC[S@@](=O)c2ccccc2)CC1. The van der Waals surface area contributed by atoms with Crippen molar-refractivity contribution in [1.82, 2.24) is 9.80 Å². The van der Waals surface area contributed by atoms with Crippen LogP contribution < -0.4 is 0 Å². The van der Waals surface area contributed by atoms with Gasteiger partial charge in [0, 0.05) is 17.2 Å². The molecule has 4 heteroatoms. The molecular formula is C18H30N2OS. The molecule has 0 amide bonds. The van der Waals surface area contributed by atoms with Crippen molar-refractivity contribution in [1.29, 1.82) is 0 Å². The predicted octanol–water partition coefficient (Wildman–Crippen LogP) is 2.85. The standard InChI is InChI=1S/C18H30N2OS/c1-19(2)12-6-7-17-10-13-20(14-11-17)15-16-22(21)18-8-4-3-5-9-18/h3-5,8-9,17H,6-7,10-16H2,1-2H3/t22-/m1/s1. The molecular weight excluding hydrogens is 292 g/mol. The van der Waals surface area contributed by atoms with Gasteiger partial charge in [0.2, 0.25) is 0 Å². The summed E-state index contributed by atoms with van der Waals surface area (Å²) in [6, 6.07) is 9.83. The van der Waals surface area contributed by atoms with Gasteiger partial charge < -0.3 is 9.80 Å². The molecule has 0 unspecified atom stereocenters. The number of rotatable bonds is 8. The van der Waals surface area contributed by atoms with Gasteiger partial charge in [-0.25, -0.2) is 0 Å². The summed E-state index contributed by atoms with van der Waals surface area (Å²) in [6.07, 6.45) is 5.30. The van der Waals surface area contributed by atoms with Crippen molar-refractivity contribution in [3.63, 3.8) is 0 Å². The van der Waals surface area contributed by atoms with Crippen molar-refractivity contribution in [2.75, 3.05) is 46.0 Å². The molecule has 1 aromatic carbocycles. The number of piperidine rings is 1. The number of hydrogen-bond donors (Lipinski definition) is 0. The average Bonchev–Trinajstić information content (AvgIpc) is 2.54. The van der Waals surface area contributed by atoms with Crippen molar-refractivity contribution < 1.29 is 4.21 Å². The van der Waals surface area contributed by atoms with Gasteiger partial charge in [-0.05, 0) is 77.5 Å². The lowest BCUT2D eigenvalue weighted by atomic mass is 9.92. The Labute approximate surface area is 138 Å². The van der Waals surface area contributed by atoms with Crippen LogP contribution in [0.1, 0.15) is 25.7 Å². The molecule has 0 aromatic heterocycles. The zero-order valence-corrected chi connectivity index (χ0v) is 14.9. The minimum absolute atomic E-state index is 0.759. The van der Waals surface area contributed by atoms with Crippen LogP contribution in [0.2, 0.25) is 0 Å². The highest BCUT2D eigenvalue weighted by Crippen LogP contribution is 2.22. The van der Waals surface area contributed by atoms with E-state index in [0.29, 0.717) is 0 Å². The molecule has 22 heavy (non-hydrogen) atoms. The van der Waals surface area contributed by atoms with Crippen molar-refractivity contribution in [2.24, 2.45) is 5.92 Å². The largest absolute Gasteiger partial charge is 0.309 e. The minimum Gasteiger partial charge on any atom is -0.309 e. The molecule has 0 aliphatic carbocycles. The predicted molar refractivity (Wildman–Crippen MR) is 94.7 cm³/mol. The molecule has 0 N–H and O–H groups in total. The summed E-state index contributed by atoms with van der Waals surface area (Å²) in [4.78, 5) is 5.72. The van der Waals surface area contributed by atoms with Crippen LogP contribution in [0.25, 0.3) is 0 Å². The van der Waals surface area contributed by atoms with Crippen molar-refractivity contribution in [3.8, 4) is 0 Å². The van der Waals surface area contributed by atoms with Crippen molar-refractivity contribution in [2.45, 2.75) is 30.6 Å². The van der Waals surface area contributed by atoms with Crippen LogP contribution >= 0.6 is 0 Å². The van der Waals surface area contributed by atoms with Crippen LogP contribution in [0.5, 0.6) is 0 Å². The van der Waals surface area contributed by atoms with Gasteiger partial charge in [-0.15, -0.1) is 0 Å². The Morgan fingerprint density at radius 1 is 1.18 bits per heavy atom. The Morgan fingerprint density at radius 3 is 2.50 bits per heavy atom. The fraction of sp³-hybridized carbons (Fsp3) is 0.667. The number of likely N-dealkylation sites (tertiary alicyclic amines) is 1. The lowest BCUT2D eigenvalue weighted by Gasteiger charge is -2.32. The van der Waals surface area contributed by atoms with Gasteiger partial charge in [0.15, 0.2) is 0 Å². The first-order valence-corrected chi connectivity index (χ1v) is 9.77. The summed E-state index contributed by atoms with van der Waals surface area (Å²) < 4.78 is 12.2. The monoisotopic (exact) mass is 322 g/mol. The van der Waals surface area contributed by atoms with Crippen LogP contribution in [-0.2, 0) is 10.8 Å². The lowest BCUT2D eigenvalue weighted by Crippen LogP contribution is -2.36. The molecule has 1 saturated heterocycles. The highest BCUT2D eigenvalue weighted by Gasteiger charge is 2.19. The van der Waals surface area contributed by atoms with Gasteiger partial charge in [-0.3, -0.25) is 4.21 Å². The fourth-order valence-electron chi connectivity index (χ4n) is 3.10. The first-order chi connectivity index (χ1) is 10.6.